The maximum atomic E-state index is 10.1. The summed E-state index contributed by atoms with van der Waals surface area (Å²) in [6.07, 6.45) is 0. The number of aliphatic hydroxyl groups is 1. The van der Waals surface area contributed by atoms with Gasteiger partial charge >= 0.3 is 64.4 Å². The van der Waals surface area contributed by atoms with Gasteiger partial charge in [-0.15, -0.1) is 0 Å². The predicted octanol–water partition coefficient (Wildman–Crippen LogP) is -3.29. The monoisotopic (exact) mass is 194 g/mol. The first-order chi connectivity index (χ1) is 4.45. The minimum absolute atomic E-state index is 0. The fourth-order valence-electron chi connectivity index (χ4n) is 0.202. The van der Waals surface area contributed by atoms with E-state index in [1.54, 1.807) is 0 Å². The Balaban J connectivity index is -0.000000135. The van der Waals surface area contributed by atoms with Crippen molar-refractivity contribution in [3.63, 3.8) is 0 Å². The van der Waals surface area contributed by atoms with E-state index in [1.165, 1.54) is 0 Å². The molecule has 0 radical (unpaired) electrons. The molecule has 0 spiro atoms. The van der Waals surface area contributed by atoms with E-state index in [0.717, 1.165) is 0 Å². The van der Waals surface area contributed by atoms with Crippen molar-refractivity contribution in [1.29, 1.82) is 0 Å². The van der Waals surface area contributed by atoms with Crippen molar-refractivity contribution >= 4 is 70.2 Å². The first-order valence-corrected chi connectivity index (χ1v) is 3.81. The van der Waals surface area contributed by atoms with Crippen LogP contribution in [0.2, 0.25) is 0 Å². The maximum absolute atomic E-state index is 10.1. The van der Waals surface area contributed by atoms with Crippen LogP contribution in [0.4, 0.5) is 0 Å². The van der Waals surface area contributed by atoms with Gasteiger partial charge in [0.1, 0.15) is 13.2 Å². The summed E-state index contributed by atoms with van der Waals surface area (Å²) in [6, 6.07) is 0. The Bertz CT molecular complexity index is 169. The number of carbonyl (C=O) groups excluding carboxylic acids is 1. The molecule has 10 heteroatoms. The van der Waals surface area contributed by atoms with E-state index in [2.05, 4.69) is 4.52 Å². The van der Waals surface area contributed by atoms with E-state index in [1.807, 2.05) is 0 Å². The summed E-state index contributed by atoms with van der Waals surface area (Å²) in [5.41, 5.74) is 0. The molecule has 0 amide bonds. The molecule has 66 valence electrons. The summed E-state index contributed by atoms with van der Waals surface area (Å²) in [5, 5.41) is 8.05. The zero-order valence-electron chi connectivity index (χ0n) is 4.93. The van der Waals surface area contributed by atoms with Gasteiger partial charge in [0.05, 0.1) is 0 Å². The average molecular weight is 194 g/mol. The van der Waals surface area contributed by atoms with Gasteiger partial charge in [0.25, 0.3) is 0 Å². The molecule has 0 aromatic carbocycles. The molecule has 0 saturated carbocycles. The fraction of sp³-hybridized carbons (Fsp3) is 0.667. The number of phosphoric ester groups is 1. The van der Waals surface area contributed by atoms with E-state index < -0.39 is 26.8 Å². The molecule has 0 fully saturated rings. The Hall–Kier alpha value is 1.53. The Morgan fingerprint density at radius 1 is 1.23 bits per heavy atom. The number of rotatable bonds is 4. The van der Waals surface area contributed by atoms with Crippen LogP contribution in [0.1, 0.15) is 0 Å². The number of hydrogen-bond acceptors (Lipinski definition) is 4. The van der Waals surface area contributed by atoms with E-state index in [9.17, 15) is 9.36 Å². The third-order valence-corrected chi connectivity index (χ3v) is 1.04. The van der Waals surface area contributed by atoms with Crippen LogP contribution in [-0.2, 0) is 13.9 Å². The summed E-state index contributed by atoms with van der Waals surface area (Å²) in [6.45, 7) is -1.54. The van der Waals surface area contributed by atoms with Crippen molar-refractivity contribution in [3.8, 4) is 0 Å². The molecule has 0 heterocycles. The third kappa shape index (κ3) is 19.8. The van der Waals surface area contributed by atoms with E-state index in [4.69, 9.17) is 14.9 Å². The van der Waals surface area contributed by atoms with Crippen molar-refractivity contribution in [3.05, 3.63) is 0 Å². The Morgan fingerprint density at radius 2 is 1.62 bits per heavy atom. The number of Topliss-reactive ketones (excluding diaryl/α,β-unsaturated/α-hetero) is 1. The molecule has 0 aliphatic heterocycles. The second-order valence-corrected chi connectivity index (χ2v) is 2.70. The molecule has 0 aliphatic rings. The minimum atomic E-state index is -4.56. The van der Waals surface area contributed by atoms with Gasteiger partial charge in [-0.05, 0) is 0 Å². The second-order valence-electron chi connectivity index (χ2n) is 1.46. The van der Waals surface area contributed by atoms with Crippen LogP contribution in [0.5, 0.6) is 0 Å². The van der Waals surface area contributed by atoms with Crippen LogP contribution < -0.4 is 0 Å². The number of carbonyl (C=O) groups is 1. The van der Waals surface area contributed by atoms with Crippen LogP contribution >= 0.6 is 7.82 Å². The van der Waals surface area contributed by atoms with Crippen molar-refractivity contribution in [2.24, 2.45) is 0 Å². The molecule has 0 aromatic heterocycles. The summed E-state index contributed by atoms with van der Waals surface area (Å²) in [4.78, 5) is 26.2. The molecule has 0 atom stereocenters. The van der Waals surface area contributed by atoms with Gasteiger partial charge < -0.3 is 14.9 Å². The van der Waals surface area contributed by atoms with Gasteiger partial charge in [0.15, 0.2) is 5.78 Å². The van der Waals surface area contributed by atoms with E-state index in [0.29, 0.717) is 0 Å². The molecule has 0 aliphatic carbocycles. The predicted molar refractivity (Wildman–Crippen MR) is 51.5 cm³/mol. The molecule has 0 bridgehead atoms. The fourth-order valence-corrected chi connectivity index (χ4v) is 0.514. The molecule has 0 rings (SSSR count). The standard InChI is InChI=1S/C3H7O6P.3Li.3H/c4-1-3(5)2-9-10(6,7)8;;;;;;/h4H,1-2H2,(H2,6,7,8);;;;;;. The Kier molecular flexibility index (Phi) is 21.4. The zero-order valence-corrected chi connectivity index (χ0v) is 5.82. The number of phosphoric acid groups is 1. The summed E-state index contributed by atoms with van der Waals surface area (Å²) < 4.78 is 13.6. The quantitative estimate of drug-likeness (QED) is 0.320. The second kappa shape index (κ2) is 11.6. The van der Waals surface area contributed by atoms with Gasteiger partial charge in [0.2, 0.25) is 0 Å². The zero-order chi connectivity index (χ0) is 8.20. The third-order valence-electron chi connectivity index (χ3n) is 0.570. The van der Waals surface area contributed by atoms with Crippen LogP contribution in [0.25, 0.3) is 0 Å². The molecule has 13 heavy (non-hydrogen) atoms. The van der Waals surface area contributed by atoms with Gasteiger partial charge in [-0.1, -0.05) is 0 Å². The molecule has 0 unspecified atom stereocenters. The molecule has 0 saturated heterocycles. The molecule has 6 nitrogen and oxygen atoms in total. The summed E-state index contributed by atoms with van der Waals surface area (Å²) in [7, 11) is -4.56. The SMILES string of the molecule is O=C(CO)COP(=O)(O)O.[LiH].[LiH].[LiH]. The summed E-state index contributed by atoms with van der Waals surface area (Å²) >= 11 is 0. The molecular formula is C3H10Li3O6P. The number of hydrogen-bond donors (Lipinski definition) is 3. The van der Waals surface area contributed by atoms with Crippen molar-refractivity contribution < 1.29 is 28.8 Å². The van der Waals surface area contributed by atoms with Crippen LogP contribution in [0.3, 0.4) is 0 Å². The number of ketones is 1. The normalized spacial score (nSPS) is 8.85. The van der Waals surface area contributed by atoms with E-state index >= 15 is 0 Å². The van der Waals surface area contributed by atoms with Gasteiger partial charge in [-0.2, -0.15) is 0 Å². The van der Waals surface area contributed by atoms with Crippen molar-refractivity contribution in [2.75, 3.05) is 13.2 Å². The first-order valence-electron chi connectivity index (χ1n) is 2.28. The van der Waals surface area contributed by atoms with Crippen LogP contribution in [0, 0.1) is 0 Å². The van der Waals surface area contributed by atoms with E-state index in [-0.39, 0.29) is 56.6 Å². The van der Waals surface area contributed by atoms with Crippen molar-refractivity contribution in [1.82, 2.24) is 0 Å². The van der Waals surface area contributed by atoms with Gasteiger partial charge in [-0.25, -0.2) is 4.57 Å². The van der Waals surface area contributed by atoms with Gasteiger partial charge in [-0.3, -0.25) is 9.32 Å². The average Bonchev–Trinajstić information content (AvgIpc) is 1.81. The van der Waals surface area contributed by atoms with Crippen LogP contribution in [0.15, 0.2) is 0 Å². The summed E-state index contributed by atoms with van der Waals surface area (Å²) in [5.74, 6) is -0.775. The van der Waals surface area contributed by atoms with Crippen LogP contribution in [-0.4, -0.2) is 90.5 Å². The Labute approximate surface area is 112 Å². The topological polar surface area (TPSA) is 104 Å². The molecule has 3 N–H and O–H groups in total. The van der Waals surface area contributed by atoms with Crippen molar-refractivity contribution in [2.45, 2.75) is 0 Å². The molecular weight excluding hydrogens is 184 g/mol. The molecule has 0 aromatic rings. The van der Waals surface area contributed by atoms with Gasteiger partial charge in [0, 0.05) is 0 Å². The first kappa shape index (κ1) is 24.0. The Morgan fingerprint density at radius 3 is 1.85 bits per heavy atom. The number of aliphatic hydroxyl groups excluding tert-OH is 1.